The Morgan fingerprint density at radius 3 is 2.37 bits per heavy atom. The average Bonchev–Trinajstić information content (AvgIpc) is 3.22. The molecule has 7 nitrogen and oxygen atoms in total. The molecule has 0 N–H and O–H groups in total. The largest absolute Gasteiger partial charge is 0.495 e. The molecular weight excluding hydrogens is 388 g/mol. The lowest BCUT2D eigenvalue weighted by Gasteiger charge is -2.25. The Morgan fingerprint density at radius 2 is 1.78 bits per heavy atom. The van der Waals surface area contributed by atoms with E-state index in [1.54, 1.807) is 47.8 Å². The van der Waals surface area contributed by atoms with Crippen LogP contribution >= 0.6 is 11.3 Å². The van der Waals surface area contributed by atoms with Crippen LogP contribution in [0.25, 0.3) is 0 Å². The maximum atomic E-state index is 13.2. The fourth-order valence-corrected chi connectivity index (χ4v) is 5.11. The number of benzene rings is 2. The first-order chi connectivity index (χ1) is 12.9. The van der Waals surface area contributed by atoms with Crippen molar-refractivity contribution in [3.05, 3.63) is 81.7 Å². The molecular formula is C18H16N2O5S2. The number of nitro benzene ring substituents is 1. The van der Waals surface area contributed by atoms with E-state index in [4.69, 9.17) is 4.74 Å². The van der Waals surface area contributed by atoms with E-state index in [0.717, 1.165) is 11.3 Å². The quantitative estimate of drug-likeness (QED) is 0.438. The van der Waals surface area contributed by atoms with Gasteiger partial charge in [0.1, 0.15) is 9.96 Å². The highest BCUT2D eigenvalue weighted by atomic mass is 32.2. The Balaban J connectivity index is 2.06. The van der Waals surface area contributed by atoms with Gasteiger partial charge in [0, 0.05) is 12.1 Å². The SMILES string of the molecule is COc1ccccc1N(Cc1ccc([N+](=O)[O-])cc1)S(=O)(=O)c1cccs1. The van der Waals surface area contributed by atoms with Crippen LogP contribution in [0.2, 0.25) is 0 Å². The Hall–Kier alpha value is -2.91. The first-order valence-electron chi connectivity index (χ1n) is 7.86. The number of rotatable bonds is 7. The number of hydrogen-bond acceptors (Lipinski definition) is 6. The molecule has 9 heteroatoms. The normalized spacial score (nSPS) is 11.1. The third-order valence-electron chi connectivity index (χ3n) is 3.87. The number of hydrogen-bond donors (Lipinski definition) is 0. The molecule has 0 aliphatic heterocycles. The number of sulfonamides is 1. The van der Waals surface area contributed by atoms with E-state index in [-0.39, 0.29) is 16.4 Å². The Bertz CT molecular complexity index is 1030. The van der Waals surface area contributed by atoms with Gasteiger partial charge in [-0.15, -0.1) is 11.3 Å². The minimum atomic E-state index is -3.83. The molecule has 0 bridgehead atoms. The van der Waals surface area contributed by atoms with Crippen molar-refractivity contribution in [1.82, 2.24) is 0 Å². The van der Waals surface area contributed by atoms with Crippen LogP contribution in [0, 0.1) is 10.1 Å². The smallest absolute Gasteiger partial charge is 0.274 e. The van der Waals surface area contributed by atoms with Crippen molar-refractivity contribution >= 4 is 32.7 Å². The summed E-state index contributed by atoms with van der Waals surface area (Å²) in [7, 11) is -2.36. The predicted molar refractivity (Wildman–Crippen MR) is 104 cm³/mol. The topological polar surface area (TPSA) is 89.8 Å². The van der Waals surface area contributed by atoms with Crippen molar-refractivity contribution in [3.8, 4) is 5.75 Å². The number of para-hydroxylation sites is 2. The second-order valence-electron chi connectivity index (χ2n) is 5.54. The van der Waals surface area contributed by atoms with Gasteiger partial charge in [-0.05, 0) is 29.1 Å². The maximum Gasteiger partial charge on any atom is 0.274 e. The predicted octanol–water partition coefficient (Wildman–Crippen LogP) is 4.06. The number of nitrogens with zero attached hydrogens (tertiary/aromatic N) is 2. The molecule has 0 atom stereocenters. The Kier molecular flexibility index (Phi) is 5.43. The molecule has 27 heavy (non-hydrogen) atoms. The number of ether oxygens (including phenoxy) is 1. The second kappa shape index (κ2) is 7.77. The Morgan fingerprint density at radius 1 is 1.07 bits per heavy atom. The van der Waals surface area contributed by atoms with Crippen molar-refractivity contribution in [2.24, 2.45) is 0 Å². The zero-order valence-corrected chi connectivity index (χ0v) is 15.9. The van der Waals surface area contributed by atoms with Gasteiger partial charge in [0.15, 0.2) is 0 Å². The molecule has 0 saturated carbocycles. The molecule has 0 radical (unpaired) electrons. The monoisotopic (exact) mass is 404 g/mol. The average molecular weight is 404 g/mol. The van der Waals surface area contributed by atoms with Gasteiger partial charge in [-0.3, -0.25) is 14.4 Å². The number of methoxy groups -OCH3 is 1. The fraction of sp³-hybridized carbons (Fsp3) is 0.111. The highest BCUT2D eigenvalue weighted by Crippen LogP contribution is 2.34. The Labute approximate surface area is 160 Å². The van der Waals surface area contributed by atoms with Gasteiger partial charge in [0.2, 0.25) is 0 Å². The molecule has 0 saturated heterocycles. The lowest BCUT2D eigenvalue weighted by Crippen LogP contribution is -2.30. The molecule has 0 amide bonds. The number of anilines is 1. The fourth-order valence-electron chi connectivity index (χ4n) is 2.54. The highest BCUT2D eigenvalue weighted by molar-refractivity contribution is 7.94. The van der Waals surface area contributed by atoms with Gasteiger partial charge >= 0.3 is 0 Å². The van der Waals surface area contributed by atoms with Crippen molar-refractivity contribution in [1.29, 1.82) is 0 Å². The van der Waals surface area contributed by atoms with Crippen LogP contribution in [0.4, 0.5) is 11.4 Å². The summed E-state index contributed by atoms with van der Waals surface area (Å²) in [5.41, 5.74) is 0.960. The van der Waals surface area contributed by atoms with E-state index in [2.05, 4.69) is 0 Å². The number of non-ortho nitro benzene ring substituents is 1. The summed E-state index contributed by atoms with van der Waals surface area (Å²) in [5.74, 6) is 0.416. The summed E-state index contributed by atoms with van der Waals surface area (Å²) in [6, 6.07) is 15.8. The zero-order chi connectivity index (χ0) is 19.4. The van der Waals surface area contributed by atoms with E-state index in [0.29, 0.717) is 17.0 Å². The molecule has 1 aromatic heterocycles. The molecule has 3 rings (SSSR count). The molecule has 0 unspecified atom stereocenters. The molecule has 0 fully saturated rings. The molecule has 0 aliphatic carbocycles. The van der Waals surface area contributed by atoms with Gasteiger partial charge in [-0.25, -0.2) is 8.42 Å². The summed E-state index contributed by atoms with van der Waals surface area (Å²) >= 11 is 1.12. The summed E-state index contributed by atoms with van der Waals surface area (Å²) in [4.78, 5) is 10.3. The van der Waals surface area contributed by atoms with Crippen LogP contribution in [0.15, 0.2) is 70.3 Å². The minimum Gasteiger partial charge on any atom is -0.495 e. The summed E-state index contributed by atoms with van der Waals surface area (Å²) < 4.78 is 33.2. The van der Waals surface area contributed by atoms with Gasteiger partial charge in [-0.2, -0.15) is 0 Å². The van der Waals surface area contributed by atoms with E-state index in [9.17, 15) is 18.5 Å². The summed E-state index contributed by atoms with van der Waals surface area (Å²) in [5, 5.41) is 12.5. The van der Waals surface area contributed by atoms with Crippen molar-refractivity contribution in [2.45, 2.75) is 10.8 Å². The third kappa shape index (κ3) is 3.93. The zero-order valence-electron chi connectivity index (χ0n) is 14.3. The van der Waals surface area contributed by atoms with Gasteiger partial charge in [0.05, 0.1) is 24.3 Å². The minimum absolute atomic E-state index is 0.0125. The third-order valence-corrected chi connectivity index (χ3v) is 7.00. The van der Waals surface area contributed by atoms with E-state index in [1.165, 1.54) is 29.6 Å². The molecule has 0 aliphatic rings. The molecule has 140 valence electrons. The lowest BCUT2D eigenvalue weighted by molar-refractivity contribution is -0.384. The summed E-state index contributed by atoms with van der Waals surface area (Å²) in [6.07, 6.45) is 0. The van der Waals surface area contributed by atoms with Crippen LogP contribution in [0.1, 0.15) is 5.56 Å². The van der Waals surface area contributed by atoms with Gasteiger partial charge < -0.3 is 4.74 Å². The molecule has 1 heterocycles. The van der Waals surface area contributed by atoms with Crippen LogP contribution in [0.3, 0.4) is 0 Å². The van der Waals surface area contributed by atoms with Crippen molar-refractivity contribution in [3.63, 3.8) is 0 Å². The van der Waals surface area contributed by atoms with Crippen molar-refractivity contribution in [2.75, 3.05) is 11.4 Å². The van der Waals surface area contributed by atoms with Crippen LogP contribution in [-0.4, -0.2) is 20.5 Å². The van der Waals surface area contributed by atoms with Crippen LogP contribution < -0.4 is 9.04 Å². The van der Waals surface area contributed by atoms with Crippen LogP contribution in [0.5, 0.6) is 5.75 Å². The number of thiophene rings is 1. The van der Waals surface area contributed by atoms with Gasteiger partial charge in [-0.1, -0.05) is 30.3 Å². The molecule has 0 spiro atoms. The van der Waals surface area contributed by atoms with E-state index in [1.807, 2.05) is 0 Å². The lowest BCUT2D eigenvalue weighted by atomic mass is 10.2. The summed E-state index contributed by atoms with van der Waals surface area (Å²) in [6.45, 7) is 0.0125. The number of nitro groups is 1. The van der Waals surface area contributed by atoms with Crippen molar-refractivity contribution < 1.29 is 18.1 Å². The molecule has 3 aromatic rings. The van der Waals surface area contributed by atoms with E-state index < -0.39 is 14.9 Å². The molecule has 2 aromatic carbocycles. The van der Waals surface area contributed by atoms with Crippen LogP contribution in [-0.2, 0) is 16.6 Å². The maximum absolute atomic E-state index is 13.2. The first kappa shape index (κ1) is 18.9. The standard InChI is InChI=1S/C18H16N2O5S2/c1-25-17-6-3-2-5-16(17)19(27(23,24)18-7-4-12-26-18)13-14-8-10-15(11-9-14)20(21)22/h2-12H,13H2,1H3. The first-order valence-corrected chi connectivity index (χ1v) is 10.2. The van der Waals surface area contributed by atoms with E-state index >= 15 is 0 Å². The van der Waals surface area contributed by atoms with Gasteiger partial charge in [0.25, 0.3) is 15.7 Å². The second-order valence-corrected chi connectivity index (χ2v) is 8.58. The highest BCUT2D eigenvalue weighted by Gasteiger charge is 2.28.